The summed E-state index contributed by atoms with van der Waals surface area (Å²) in [5, 5.41) is 15.0. The fraction of sp³-hybridized carbons (Fsp3) is 0.386. The van der Waals surface area contributed by atoms with Crippen LogP contribution in [0.2, 0.25) is 0 Å². The van der Waals surface area contributed by atoms with Gasteiger partial charge in [-0.1, -0.05) is 91.0 Å². The lowest BCUT2D eigenvalue weighted by atomic mass is 9.77. The Morgan fingerprint density at radius 3 is 1.38 bits per heavy atom. The summed E-state index contributed by atoms with van der Waals surface area (Å²) < 4.78 is 179. The summed E-state index contributed by atoms with van der Waals surface area (Å²) in [6.45, 7) is 16.9. The zero-order valence-electron chi connectivity index (χ0n) is 45.1. The number of likely N-dealkylation sites (tertiary alicyclic amines) is 1. The summed E-state index contributed by atoms with van der Waals surface area (Å²) in [6.07, 6.45) is -23.0. The quantitative estimate of drug-likeness (QED) is 0.0466. The molecule has 0 bridgehead atoms. The number of alkyl halides is 12. The number of halogens is 12. The van der Waals surface area contributed by atoms with Crippen molar-refractivity contribution in [3.05, 3.63) is 200 Å². The third kappa shape index (κ3) is 16.8. The number of piperidine rings is 2. The molecule has 0 radical (unpaired) electrons. The van der Waals surface area contributed by atoms with E-state index in [9.17, 15) is 67.1 Å². The molecular weight excluding hydrogens is 1140 g/mol. The van der Waals surface area contributed by atoms with Crippen molar-refractivity contribution in [1.29, 1.82) is 0 Å². The van der Waals surface area contributed by atoms with Crippen LogP contribution in [0.3, 0.4) is 0 Å². The SMILES string of the molecule is CO.[C-]#[N+][C@]1(NC(N)=O)CC[C@@](CO[C@H](C)c2cc(C(F)(F)F)cc(C(F)(F)F)c2)(c2ccccc2)N(C(=O)OCc2ccccc2)C1.[C-]#[N+][C@]1(NC(N)=O)CC[C@@](CO[C@H](C)c2cc(C(F)(F)F)cc(C(F)(F)F)c2)(c2ccccc2)NC1. The molecule has 5 amide bonds. The van der Waals surface area contributed by atoms with E-state index in [0.717, 1.165) is 12.7 Å². The number of primary amides is 2. The topological polar surface area (TPSA) is 199 Å². The minimum absolute atomic E-state index is 0.00610. The highest BCUT2D eigenvalue weighted by molar-refractivity contribution is 5.74. The van der Waals surface area contributed by atoms with Crippen molar-refractivity contribution in [2.45, 2.75) is 105 Å². The minimum Gasteiger partial charge on any atom is -0.445 e. The van der Waals surface area contributed by atoms with Gasteiger partial charge in [-0.05, 0) is 90.9 Å². The maximum Gasteiger partial charge on any atom is 0.416 e. The van der Waals surface area contributed by atoms with E-state index < -0.39 is 113 Å². The van der Waals surface area contributed by atoms with Crippen molar-refractivity contribution >= 4 is 18.2 Å². The number of nitrogens with two attached hydrogens (primary N) is 2. The molecule has 2 aliphatic heterocycles. The number of carbonyl (C=O) groups excluding carboxylic acids is 3. The van der Waals surface area contributed by atoms with Crippen LogP contribution in [0.1, 0.15) is 102 Å². The molecular formula is C57H58F12N8O7. The van der Waals surface area contributed by atoms with Gasteiger partial charge in [0.15, 0.2) is 0 Å². The number of carbonyl (C=O) groups is 3. The lowest BCUT2D eigenvalue weighted by Gasteiger charge is -2.49. The Bertz CT molecular complexity index is 3050. The molecule has 6 atom stereocenters. The van der Waals surface area contributed by atoms with Crippen LogP contribution >= 0.6 is 0 Å². The largest absolute Gasteiger partial charge is 0.445 e. The summed E-state index contributed by atoms with van der Waals surface area (Å²) in [5.41, 5.74) is 0.683. The van der Waals surface area contributed by atoms with E-state index in [1.807, 2.05) is 0 Å². The summed E-state index contributed by atoms with van der Waals surface area (Å²) in [4.78, 5) is 45.4. The number of nitrogens with one attached hydrogen (secondary N) is 3. The second-order valence-electron chi connectivity index (χ2n) is 19.7. The van der Waals surface area contributed by atoms with Gasteiger partial charge in [0.1, 0.15) is 13.2 Å². The molecule has 5 aromatic rings. The Kier molecular flexibility index (Phi) is 21.5. The molecule has 5 aromatic carbocycles. The highest BCUT2D eigenvalue weighted by Crippen LogP contribution is 2.45. The van der Waals surface area contributed by atoms with Gasteiger partial charge in [-0.15, -0.1) is 0 Å². The monoisotopic (exact) mass is 1190 g/mol. The third-order valence-corrected chi connectivity index (χ3v) is 14.1. The van der Waals surface area contributed by atoms with E-state index in [1.165, 1.54) is 18.7 Å². The molecule has 0 spiro atoms. The van der Waals surface area contributed by atoms with Crippen molar-refractivity contribution in [3.63, 3.8) is 0 Å². The number of amides is 5. The lowest BCUT2D eigenvalue weighted by molar-refractivity contribution is -0.145. The highest BCUT2D eigenvalue weighted by Gasteiger charge is 2.56. The molecule has 27 heteroatoms. The Morgan fingerprint density at radius 1 is 0.595 bits per heavy atom. The van der Waals surface area contributed by atoms with Crippen LogP contribution in [0, 0.1) is 13.1 Å². The molecule has 2 heterocycles. The smallest absolute Gasteiger partial charge is 0.416 e. The van der Waals surface area contributed by atoms with Gasteiger partial charge < -0.3 is 30.8 Å². The molecule has 0 aromatic heterocycles. The van der Waals surface area contributed by atoms with Crippen LogP contribution in [0.15, 0.2) is 127 Å². The molecule has 84 heavy (non-hydrogen) atoms. The van der Waals surface area contributed by atoms with E-state index in [0.29, 0.717) is 35.4 Å². The van der Waals surface area contributed by atoms with E-state index in [-0.39, 0.29) is 68.7 Å². The first kappa shape index (κ1) is 66.7. The summed E-state index contributed by atoms with van der Waals surface area (Å²) >= 11 is 0. The number of urea groups is 2. The molecule has 452 valence electrons. The van der Waals surface area contributed by atoms with Crippen molar-refractivity contribution in [3.8, 4) is 0 Å². The molecule has 0 aliphatic carbocycles. The number of aliphatic hydroxyl groups is 1. The normalized spacial score (nSPS) is 21.5. The van der Waals surface area contributed by atoms with E-state index >= 15 is 0 Å². The number of nitrogens with zero attached hydrogens (tertiary/aromatic N) is 3. The summed E-state index contributed by atoms with van der Waals surface area (Å²) in [5.74, 6) is 0. The van der Waals surface area contributed by atoms with Gasteiger partial charge in [0.05, 0.1) is 78.1 Å². The maximum absolute atomic E-state index is 13.8. The van der Waals surface area contributed by atoms with Gasteiger partial charge >= 0.3 is 54.2 Å². The molecule has 15 nitrogen and oxygen atoms in total. The molecule has 2 fully saturated rings. The molecule has 8 N–H and O–H groups in total. The zero-order valence-corrected chi connectivity index (χ0v) is 45.1. The Morgan fingerprint density at radius 2 is 0.988 bits per heavy atom. The van der Waals surface area contributed by atoms with E-state index in [2.05, 4.69) is 25.6 Å². The van der Waals surface area contributed by atoms with Gasteiger partial charge in [-0.25, -0.2) is 27.5 Å². The van der Waals surface area contributed by atoms with Gasteiger partial charge in [-0.3, -0.25) is 30.5 Å². The third-order valence-electron chi connectivity index (χ3n) is 14.1. The zero-order chi connectivity index (χ0) is 62.5. The van der Waals surface area contributed by atoms with Crippen LogP contribution in [0.4, 0.5) is 67.1 Å². The number of ether oxygens (including phenoxy) is 3. The van der Waals surface area contributed by atoms with Crippen molar-refractivity contribution in [1.82, 2.24) is 20.9 Å². The Hall–Kier alpha value is -8.11. The van der Waals surface area contributed by atoms with E-state index in [1.54, 1.807) is 91.0 Å². The standard InChI is InChI=1S/C32H30F6N4O4.C24H24F6N4O2.CH4O/c1-21(23-15-25(31(33,34)35)17-26(16-23)32(36,37)38)46-20-29(24-11-7-4-8-12-24)13-14-30(40-2,41-27(39)43)19-42(29)28(44)45-18-22-9-5-3-6-10-22;1-15(16-10-18(23(25,26)27)12-19(11-16)24(28,29)30)36-14-21(17-6-4-3-5-7-17)8-9-22(32-2,13-33-21)34-20(31)35;1-2/h3-12,15-17,21H,13-14,18-20H2,1H3,(H3,39,41,43);3-7,10-12,15,33H,8-9,13-14H2,1H3,(H3,31,34,35);2H,1H3/t21-,29-,30+;15-,21-,22+;/m11./s1. The fourth-order valence-corrected chi connectivity index (χ4v) is 9.54. The lowest BCUT2D eigenvalue weighted by Crippen LogP contribution is -2.66. The second kappa shape index (κ2) is 27.1. The van der Waals surface area contributed by atoms with Crippen molar-refractivity contribution in [2.24, 2.45) is 11.5 Å². The molecule has 2 saturated heterocycles. The van der Waals surface area contributed by atoms with Crippen LogP contribution in [0.25, 0.3) is 9.69 Å². The van der Waals surface area contributed by atoms with Crippen LogP contribution < -0.4 is 27.4 Å². The predicted octanol–water partition coefficient (Wildman–Crippen LogP) is 12.4. The van der Waals surface area contributed by atoms with Crippen LogP contribution in [-0.2, 0) is 56.6 Å². The van der Waals surface area contributed by atoms with E-state index in [4.69, 9.17) is 43.9 Å². The highest BCUT2D eigenvalue weighted by atomic mass is 19.4. The van der Waals surface area contributed by atoms with Crippen molar-refractivity contribution in [2.75, 3.05) is 33.4 Å². The number of hydrogen-bond donors (Lipinski definition) is 6. The van der Waals surface area contributed by atoms with Gasteiger partial charge in [0.25, 0.3) is 0 Å². The predicted molar refractivity (Wildman–Crippen MR) is 280 cm³/mol. The van der Waals surface area contributed by atoms with Gasteiger partial charge in [-0.2, -0.15) is 52.7 Å². The average molecular weight is 1200 g/mol. The molecule has 2 aliphatic rings. The first-order chi connectivity index (χ1) is 39.3. The number of aliphatic hydroxyl groups excluding tert-OH is 1. The molecule has 7 rings (SSSR count). The second-order valence-corrected chi connectivity index (χ2v) is 19.7. The first-order valence-corrected chi connectivity index (χ1v) is 25.3. The minimum atomic E-state index is -5.06. The molecule has 0 unspecified atom stereocenters. The van der Waals surface area contributed by atoms with Gasteiger partial charge in [0.2, 0.25) is 0 Å². The van der Waals surface area contributed by atoms with Crippen LogP contribution in [0.5, 0.6) is 0 Å². The first-order valence-electron chi connectivity index (χ1n) is 25.3. The fourth-order valence-electron chi connectivity index (χ4n) is 9.54. The summed E-state index contributed by atoms with van der Waals surface area (Å²) in [6, 6.07) is 26.7. The molecule has 0 saturated carbocycles. The van der Waals surface area contributed by atoms with Crippen LogP contribution in [-0.4, -0.2) is 72.9 Å². The number of benzene rings is 5. The van der Waals surface area contributed by atoms with Crippen molar-refractivity contribution < 1.29 is 86.4 Å². The average Bonchev–Trinajstić information content (AvgIpc) is 1.09. The maximum atomic E-state index is 13.8. The Balaban J connectivity index is 0.000000307. The number of rotatable bonds is 14. The number of hydrogen-bond acceptors (Lipinski definition) is 8. The summed E-state index contributed by atoms with van der Waals surface area (Å²) in [7, 11) is 1.00. The Labute approximate surface area is 474 Å². The van der Waals surface area contributed by atoms with Gasteiger partial charge in [0, 0.05) is 7.11 Å².